The number of ether oxygens (including phenoxy) is 1. The Morgan fingerprint density at radius 2 is 1.74 bits per heavy atom. The van der Waals surface area contributed by atoms with Gasteiger partial charge in [-0.1, -0.05) is 30.3 Å². The number of benzene rings is 2. The highest BCUT2D eigenvalue weighted by molar-refractivity contribution is 6.03. The van der Waals surface area contributed by atoms with Crippen molar-refractivity contribution in [3.63, 3.8) is 0 Å². The van der Waals surface area contributed by atoms with Crippen molar-refractivity contribution >= 4 is 11.6 Å². The topological polar surface area (TPSA) is 86.1 Å². The molecule has 0 saturated carbocycles. The molecule has 0 aliphatic heterocycles. The van der Waals surface area contributed by atoms with Crippen LogP contribution in [-0.2, 0) is 0 Å². The molecule has 0 aliphatic carbocycles. The van der Waals surface area contributed by atoms with Crippen LogP contribution in [0.15, 0.2) is 83.8 Å². The summed E-state index contributed by atoms with van der Waals surface area (Å²) in [4.78, 5) is 29.3. The zero-order valence-electron chi connectivity index (χ0n) is 17.1. The van der Waals surface area contributed by atoms with Crippen LogP contribution in [-0.4, -0.2) is 20.7 Å². The summed E-state index contributed by atoms with van der Waals surface area (Å²) in [5, 5.41) is 6.98. The monoisotopic (exact) mass is 412 g/mol. The van der Waals surface area contributed by atoms with E-state index >= 15 is 0 Å². The average molecular weight is 412 g/mol. The number of nitrogens with zero attached hydrogens (tertiary/aromatic N) is 3. The first-order chi connectivity index (χ1) is 15.0. The van der Waals surface area contributed by atoms with Crippen molar-refractivity contribution in [3.05, 3.63) is 106 Å². The maximum Gasteiger partial charge on any atom is 0.276 e. The lowest BCUT2D eigenvalue weighted by Crippen LogP contribution is -2.25. The fourth-order valence-corrected chi connectivity index (χ4v) is 2.98. The zero-order chi connectivity index (χ0) is 21.8. The average Bonchev–Trinajstić information content (AvgIpc) is 2.79. The van der Waals surface area contributed by atoms with Gasteiger partial charge in [-0.25, -0.2) is 4.98 Å². The van der Waals surface area contributed by atoms with E-state index in [2.05, 4.69) is 15.4 Å². The SMILES string of the molecule is Cc1cccc(Oc2ncccc2NC(=O)c2ccc(=O)n(-c3ccccc3)n2)c1C. The van der Waals surface area contributed by atoms with Crippen molar-refractivity contribution in [1.29, 1.82) is 0 Å². The van der Waals surface area contributed by atoms with E-state index in [1.54, 1.807) is 42.6 Å². The molecule has 4 rings (SSSR count). The number of hydrogen-bond donors (Lipinski definition) is 1. The second-order valence-corrected chi connectivity index (χ2v) is 6.91. The molecule has 7 heteroatoms. The van der Waals surface area contributed by atoms with Gasteiger partial charge in [0.2, 0.25) is 5.88 Å². The summed E-state index contributed by atoms with van der Waals surface area (Å²) in [6, 6.07) is 20.7. The zero-order valence-corrected chi connectivity index (χ0v) is 17.1. The van der Waals surface area contributed by atoms with Crippen LogP contribution in [0.2, 0.25) is 0 Å². The summed E-state index contributed by atoms with van der Waals surface area (Å²) in [5.74, 6) is 0.439. The third-order valence-electron chi connectivity index (χ3n) is 4.81. The minimum absolute atomic E-state index is 0.0880. The van der Waals surface area contributed by atoms with Crippen molar-refractivity contribution < 1.29 is 9.53 Å². The number of anilines is 1. The summed E-state index contributed by atoms with van der Waals surface area (Å²) in [6.07, 6.45) is 1.59. The van der Waals surface area contributed by atoms with Gasteiger partial charge < -0.3 is 10.1 Å². The molecule has 1 N–H and O–H groups in total. The van der Waals surface area contributed by atoms with Crippen LogP contribution in [0.3, 0.4) is 0 Å². The molecule has 154 valence electrons. The van der Waals surface area contributed by atoms with E-state index in [9.17, 15) is 9.59 Å². The largest absolute Gasteiger partial charge is 0.437 e. The van der Waals surface area contributed by atoms with Crippen molar-refractivity contribution in [2.24, 2.45) is 0 Å². The molecule has 2 aromatic carbocycles. The van der Waals surface area contributed by atoms with Gasteiger partial charge in [0.25, 0.3) is 11.5 Å². The predicted molar refractivity (Wildman–Crippen MR) is 118 cm³/mol. The number of carbonyl (C=O) groups excluding carboxylic acids is 1. The Bertz CT molecular complexity index is 1300. The lowest BCUT2D eigenvalue weighted by molar-refractivity contribution is 0.102. The highest BCUT2D eigenvalue weighted by Crippen LogP contribution is 2.30. The normalized spacial score (nSPS) is 10.5. The molecule has 0 radical (unpaired) electrons. The molecule has 2 aromatic heterocycles. The maximum atomic E-state index is 12.9. The number of carbonyl (C=O) groups is 1. The summed E-state index contributed by atoms with van der Waals surface area (Å²) in [7, 11) is 0. The fourth-order valence-electron chi connectivity index (χ4n) is 2.98. The fraction of sp³-hybridized carbons (Fsp3) is 0.0833. The van der Waals surface area contributed by atoms with Crippen molar-refractivity contribution in [2.75, 3.05) is 5.32 Å². The number of amides is 1. The molecule has 0 unspecified atom stereocenters. The van der Waals surface area contributed by atoms with E-state index in [1.165, 1.54) is 16.8 Å². The molecule has 7 nitrogen and oxygen atoms in total. The van der Waals surface area contributed by atoms with Gasteiger partial charge in [-0.15, -0.1) is 0 Å². The van der Waals surface area contributed by atoms with E-state index in [0.717, 1.165) is 11.1 Å². The highest BCUT2D eigenvalue weighted by atomic mass is 16.5. The van der Waals surface area contributed by atoms with Crippen LogP contribution in [0.5, 0.6) is 11.6 Å². The highest BCUT2D eigenvalue weighted by Gasteiger charge is 2.15. The smallest absolute Gasteiger partial charge is 0.276 e. The standard InChI is InChI=1S/C24H20N4O3/c1-16-8-6-12-21(17(16)2)31-24-20(11-7-15-25-24)26-23(30)19-13-14-22(29)28(27-19)18-9-4-3-5-10-18/h3-15H,1-2H3,(H,26,30). The van der Waals surface area contributed by atoms with Crippen molar-refractivity contribution in [2.45, 2.75) is 13.8 Å². The van der Waals surface area contributed by atoms with Crippen LogP contribution in [0.1, 0.15) is 21.6 Å². The summed E-state index contributed by atoms with van der Waals surface area (Å²) >= 11 is 0. The van der Waals surface area contributed by atoms with Gasteiger partial charge in [-0.05, 0) is 61.4 Å². The summed E-state index contributed by atoms with van der Waals surface area (Å²) < 4.78 is 7.15. The third kappa shape index (κ3) is 4.35. The van der Waals surface area contributed by atoms with Crippen LogP contribution in [0, 0.1) is 13.8 Å². The Kier molecular flexibility index (Phi) is 5.57. The Morgan fingerprint density at radius 3 is 2.55 bits per heavy atom. The molecule has 1 amide bonds. The van der Waals surface area contributed by atoms with Crippen LogP contribution < -0.4 is 15.6 Å². The molecule has 31 heavy (non-hydrogen) atoms. The van der Waals surface area contributed by atoms with Gasteiger partial charge in [0.05, 0.1) is 5.69 Å². The van der Waals surface area contributed by atoms with Crippen LogP contribution in [0.25, 0.3) is 5.69 Å². The summed E-state index contributed by atoms with van der Waals surface area (Å²) in [5.41, 5.74) is 2.80. The Hall–Kier alpha value is -4.26. The number of aryl methyl sites for hydroxylation is 1. The van der Waals surface area contributed by atoms with Gasteiger partial charge in [-0.3, -0.25) is 9.59 Å². The summed E-state index contributed by atoms with van der Waals surface area (Å²) in [6.45, 7) is 3.96. The second kappa shape index (κ2) is 8.62. The first-order valence-corrected chi connectivity index (χ1v) is 9.69. The molecule has 0 atom stereocenters. The molecular formula is C24H20N4O3. The van der Waals surface area contributed by atoms with Gasteiger partial charge in [0.1, 0.15) is 17.1 Å². The number of pyridine rings is 1. The lowest BCUT2D eigenvalue weighted by atomic mass is 10.1. The molecule has 0 saturated heterocycles. The number of aromatic nitrogens is 3. The van der Waals surface area contributed by atoms with E-state index < -0.39 is 5.91 Å². The molecule has 0 aliphatic rings. The van der Waals surface area contributed by atoms with E-state index in [1.807, 2.05) is 38.1 Å². The first-order valence-electron chi connectivity index (χ1n) is 9.69. The number of nitrogens with one attached hydrogen (secondary N) is 1. The minimum Gasteiger partial charge on any atom is -0.437 e. The second-order valence-electron chi connectivity index (χ2n) is 6.91. The predicted octanol–water partition coefficient (Wildman–Crippen LogP) is 4.29. The van der Waals surface area contributed by atoms with Crippen molar-refractivity contribution in [1.82, 2.24) is 14.8 Å². The van der Waals surface area contributed by atoms with Crippen LogP contribution in [0.4, 0.5) is 5.69 Å². The van der Waals surface area contributed by atoms with Gasteiger partial charge in [0, 0.05) is 12.3 Å². The molecule has 0 spiro atoms. The van der Waals surface area contributed by atoms with Crippen molar-refractivity contribution in [3.8, 4) is 17.3 Å². The quantitative estimate of drug-likeness (QED) is 0.528. The Morgan fingerprint density at radius 1 is 0.935 bits per heavy atom. The lowest BCUT2D eigenvalue weighted by Gasteiger charge is -2.13. The maximum absolute atomic E-state index is 12.9. The minimum atomic E-state index is -0.483. The van der Waals surface area contributed by atoms with E-state index in [0.29, 0.717) is 17.1 Å². The van der Waals surface area contributed by atoms with E-state index in [-0.39, 0.29) is 17.1 Å². The molecular weight excluding hydrogens is 392 g/mol. The molecule has 4 aromatic rings. The number of hydrogen-bond acceptors (Lipinski definition) is 5. The molecule has 2 heterocycles. The van der Waals surface area contributed by atoms with Gasteiger partial charge in [0.15, 0.2) is 0 Å². The number of rotatable bonds is 5. The number of para-hydroxylation sites is 1. The molecule has 0 fully saturated rings. The van der Waals surface area contributed by atoms with Gasteiger partial charge in [-0.2, -0.15) is 9.78 Å². The van der Waals surface area contributed by atoms with Crippen LogP contribution >= 0.6 is 0 Å². The Balaban J connectivity index is 1.62. The van der Waals surface area contributed by atoms with E-state index in [4.69, 9.17) is 4.74 Å². The first kappa shape index (κ1) is 20.0. The van der Waals surface area contributed by atoms with Gasteiger partial charge >= 0.3 is 0 Å². The Labute approximate surface area is 179 Å². The molecule has 0 bridgehead atoms. The third-order valence-corrected chi connectivity index (χ3v) is 4.81.